The van der Waals surface area contributed by atoms with Gasteiger partial charge in [-0.05, 0) is 38.3 Å². The van der Waals surface area contributed by atoms with Crippen LogP contribution in [0.25, 0.3) is 0 Å². The molecular weight excluding hydrogens is 214 g/mol. The van der Waals surface area contributed by atoms with Crippen molar-refractivity contribution in [3.05, 3.63) is 18.0 Å². The molecule has 1 atom stereocenters. The average molecular weight is 237 g/mol. The van der Waals surface area contributed by atoms with Crippen LogP contribution >= 0.6 is 0 Å². The molecule has 0 saturated carbocycles. The Morgan fingerprint density at radius 1 is 1.35 bits per heavy atom. The van der Waals surface area contributed by atoms with Crippen molar-refractivity contribution < 1.29 is 5.11 Å². The highest BCUT2D eigenvalue weighted by Crippen LogP contribution is 2.10. The Morgan fingerprint density at radius 2 is 2.18 bits per heavy atom. The SMILES string of the molecule is Cc1cnn(CCCCCN2CC[C@H](O)C2)c1. The summed E-state index contributed by atoms with van der Waals surface area (Å²) in [6.45, 7) is 6.17. The molecule has 17 heavy (non-hydrogen) atoms. The summed E-state index contributed by atoms with van der Waals surface area (Å²) in [4.78, 5) is 2.36. The van der Waals surface area contributed by atoms with Gasteiger partial charge in [0.2, 0.25) is 0 Å². The second-order valence-electron chi connectivity index (χ2n) is 5.08. The van der Waals surface area contributed by atoms with Gasteiger partial charge in [0.05, 0.1) is 12.3 Å². The van der Waals surface area contributed by atoms with E-state index in [0.717, 1.165) is 32.6 Å². The highest BCUT2D eigenvalue weighted by atomic mass is 16.3. The van der Waals surface area contributed by atoms with Crippen LogP contribution in [0.4, 0.5) is 0 Å². The lowest BCUT2D eigenvalue weighted by Crippen LogP contribution is -2.23. The molecule has 0 bridgehead atoms. The minimum atomic E-state index is -0.0814. The zero-order chi connectivity index (χ0) is 12.1. The third-order valence-electron chi connectivity index (χ3n) is 3.37. The highest BCUT2D eigenvalue weighted by Gasteiger charge is 2.18. The molecule has 1 aliphatic rings. The molecule has 4 heteroatoms. The Kier molecular flexibility index (Phi) is 4.57. The summed E-state index contributed by atoms with van der Waals surface area (Å²) in [6, 6.07) is 0. The van der Waals surface area contributed by atoms with E-state index in [9.17, 15) is 5.11 Å². The van der Waals surface area contributed by atoms with E-state index in [4.69, 9.17) is 0 Å². The van der Waals surface area contributed by atoms with E-state index < -0.39 is 0 Å². The number of β-amino-alcohol motifs (C(OH)–C–C–N with tert-alkyl or cyclic N) is 1. The second kappa shape index (κ2) is 6.17. The Morgan fingerprint density at radius 3 is 2.82 bits per heavy atom. The first-order chi connectivity index (χ1) is 8.24. The maximum atomic E-state index is 9.40. The van der Waals surface area contributed by atoms with E-state index in [0.29, 0.717) is 0 Å². The van der Waals surface area contributed by atoms with E-state index in [2.05, 4.69) is 23.1 Å². The van der Waals surface area contributed by atoms with Gasteiger partial charge in [0.15, 0.2) is 0 Å². The lowest BCUT2D eigenvalue weighted by atomic mass is 10.2. The number of nitrogens with zero attached hydrogens (tertiary/aromatic N) is 3. The maximum absolute atomic E-state index is 9.40. The maximum Gasteiger partial charge on any atom is 0.0679 e. The van der Waals surface area contributed by atoms with E-state index in [1.807, 2.05) is 10.9 Å². The number of hydrogen-bond donors (Lipinski definition) is 1. The van der Waals surface area contributed by atoms with Gasteiger partial charge in [-0.15, -0.1) is 0 Å². The van der Waals surface area contributed by atoms with Gasteiger partial charge < -0.3 is 10.0 Å². The molecule has 0 radical (unpaired) electrons. The minimum absolute atomic E-state index is 0.0814. The van der Waals surface area contributed by atoms with Crippen molar-refractivity contribution in [2.75, 3.05) is 19.6 Å². The van der Waals surface area contributed by atoms with E-state index in [-0.39, 0.29) is 6.10 Å². The fourth-order valence-electron chi connectivity index (χ4n) is 2.39. The molecule has 4 nitrogen and oxygen atoms in total. The van der Waals surface area contributed by atoms with Crippen LogP contribution in [0.5, 0.6) is 0 Å². The van der Waals surface area contributed by atoms with E-state index in [1.165, 1.54) is 24.8 Å². The number of likely N-dealkylation sites (tertiary alicyclic amines) is 1. The lowest BCUT2D eigenvalue weighted by molar-refractivity contribution is 0.175. The molecule has 96 valence electrons. The largest absolute Gasteiger partial charge is 0.392 e. The van der Waals surface area contributed by atoms with Gasteiger partial charge in [-0.2, -0.15) is 5.10 Å². The molecule has 0 aliphatic carbocycles. The van der Waals surface area contributed by atoms with Crippen molar-refractivity contribution in [2.24, 2.45) is 0 Å². The number of aliphatic hydroxyl groups is 1. The first-order valence-electron chi connectivity index (χ1n) is 6.63. The normalized spacial score (nSPS) is 21.2. The summed E-state index contributed by atoms with van der Waals surface area (Å²) in [5.74, 6) is 0. The molecule has 1 fully saturated rings. The summed E-state index contributed by atoms with van der Waals surface area (Å²) in [6.07, 6.45) is 8.53. The third kappa shape index (κ3) is 4.13. The van der Waals surface area contributed by atoms with Crippen molar-refractivity contribution in [1.82, 2.24) is 14.7 Å². The van der Waals surface area contributed by atoms with Gasteiger partial charge in [0.1, 0.15) is 0 Å². The minimum Gasteiger partial charge on any atom is -0.392 e. The van der Waals surface area contributed by atoms with Crippen LogP contribution in [0, 0.1) is 6.92 Å². The fourth-order valence-corrected chi connectivity index (χ4v) is 2.39. The van der Waals surface area contributed by atoms with Crippen LogP contribution in [0.15, 0.2) is 12.4 Å². The van der Waals surface area contributed by atoms with Gasteiger partial charge in [-0.1, -0.05) is 6.42 Å². The Hall–Kier alpha value is -0.870. The molecule has 1 aromatic rings. The molecule has 1 saturated heterocycles. The van der Waals surface area contributed by atoms with Crippen LogP contribution < -0.4 is 0 Å². The molecule has 1 N–H and O–H groups in total. The quantitative estimate of drug-likeness (QED) is 0.761. The average Bonchev–Trinajstić information content (AvgIpc) is 2.88. The molecule has 2 heterocycles. The molecule has 0 aromatic carbocycles. The van der Waals surface area contributed by atoms with Gasteiger partial charge >= 0.3 is 0 Å². The molecule has 2 rings (SSSR count). The molecule has 0 amide bonds. The predicted octanol–water partition coefficient (Wildman–Crippen LogP) is 1.43. The Labute approximate surface area is 103 Å². The fraction of sp³-hybridized carbons (Fsp3) is 0.769. The van der Waals surface area contributed by atoms with Crippen LogP contribution in [-0.2, 0) is 6.54 Å². The van der Waals surface area contributed by atoms with Crippen molar-refractivity contribution in [1.29, 1.82) is 0 Å². The topological polar surface area (TPSA) is 41.3 Å². The molecular formula is C13H23N3O. The number of aromatic nitrogens is 2. The third-order valence-corrected chi connectivity index (χ3v) is 3.37. The molecule has 1 aromatic heterocycles. The Balaban J connectivity index is 1.52. The van der Waals surface area contributed by atoms with Gasteiger partial charge in [-0.25, -0.2) is 0 Å². The van der Waals surface area contributed by atoms with E-state index in [1.54, 1.807) is 0 Å². The summed E-state index contributed by atoms with van der Waals surface area (Å²) in [7, 11) is 0. The van der Waals surface area contributed by atoms with Crippen LogP contribution in [0.3, 0.4) is 0 Å². The van der Waals surface area contributed by atoms with Crippen molar-refractivity contribution >= 4 is 0 Å². The molecule has 1 aliphatic heterocycles. The van der Waals surface area contributed by atoms with Crippen molar-refractivity contribution in [2.45, 2.75) is 45.3 Å². The molecule has 0 unspecified atom stereocenters. The number of unbranched alkanes of at least 4 members (excludes halogenated alkanes) is 2. The number of aliphatic hydroxyl groups excluding tert-OH is 1. The highest BCUT2D eigenvalue weighted by molar-refractivity contribution is 4.99. The predicted molar refractivity (Wildman–Crippen MR) is 67.9 cm³/mol. The van der Waals surface area contributed by atoms with Crippen molar-refractivity contribution in [3.63, 3.8) is 0 Å². The lowest BCUT2D eigenvalue weighted by Gasteiger charge is -2.14. The van der Waals surface area contributed by atoms with Crippen LogP contribution in [0.2, 0.25) is 0 Å². The summed E-state index contributed by atoms with van der Waals surface area (Å²) < 4.78 is 2.02. The molecule has 0 spiro atoms. The first kappa shape index (κ1) is 12.6. The zero-order valence-corrected chi connectivity index (χ0v) is 10.7. The zero-order valence-electron chi connectivity index (χ0n) is 10.7. The number of hydrogen-bond acceptors (Lipinski definition) is 3. The van der Waals surface area contributed by atoms with Gasteiger partial charge in [0, 0.05) is 25.8 Å². The standard InChI is InChI=1S/C13H23N3O/c1-12-9-14-16(10-12)7-4-2-3-6-15-8-5-13(17)11-15/h9-10,13,17H,2-8,11H2,1H3/t13-/m0/s1. The van der Waals surface area contributed by atoms with Crippen LogP contribution in [-0.4, -0.2) is 45.5 Å². The summed E-state index contributed by atoms with van der Waals surface area (Å²) >= 11 is 0. The van der Waals surface area contributed by atoms with E-state index >= 15 is 0 Å². The number of rotatable bonds is 6. The van der Waals surface area contributed by atoms with Gasteiger partial charge in [-0.3, -0.25) is 4.68 Å². The first-order valence-corrected chi connectivity index (χ1v) is 6.63. The monoisotopic (exact) mass is 237 g/mol. The van der Waals surface area contributed by atoms with Gasteiger partial charge in [0.25, 0.3) is 0 Å². The second-order valence-corrected chi connectivity index (χ2v) is 5.08. The number of aryl methyl sites for hydroxylation is 2. The summed E-state index contributed by atoms with van der Waals surface area (Å²) in [5.41, 5.74) is 1.23. The smallest absolute Gasteiger partial charge is 0.0679 e. The Bertz CT molecular complexity index is 337. The van der Waals surface area contributed by atoms with Crippen LogP contribution in [0.1, 0.15) is 31.2 Å². The van der Waals surface area contributed by atoms with Crippen molar-refractivity contribution in [3.8, 4) is 0 Å². The summed E-state index contributed by atoms with van der Waals surface area (Å²) in [5, 5.41) is 13.7.